The van der Waals surface area contributed by atoms with Gasteiger partial charge in [-0.15, -0.1) is 6.58 Å². The maximum Gasteiger partial charge on any atom is 0.225 e. The Morgan fingerprint density at radius 2 is 1.94 bits per heavy atom. The predicted octanol–water partition coefficient (Wildman–Crippen LogP) is 3.03. The Balaban J connectivity index is 1.82. The molecular weight excluding hydrogens is 432 g/mol. The number of nitrogens with two attached hydrogens (primary N) is 2. The van der Waals surface area contributed by atoms with E-state index in [0.29, 0.717) is 38.4 Å². The van der Waals surface area contributed by atoms with E-state index in [2.05, 4.69) is 6.58 Å². The van der Waals surface area contributed by atoms with Crippen molar-refractivity contribution >= 4 is 11.6 Å². The number of ether oxygens (including phenoxy) is 3. The average molecular weight is 475 g/mol. The van der Waals surface area contributed by atoms with Crippen molar-refractivity contribution in [1.29, 1.82) is 0 Å². The van der Waals surface area contributed by atoms with Gasteiger partial charge in [0.05, 0.1) is 38.4 Å². The van der Waals surface area contributed by atoms with Gasteiger partial charge in [-0.2, -0.15) is 0 Å². The number of rotatable bonds is 15. The van der Waals surface area contributed by atoms with E-state index < -0.39 is 6.29 Å². The molecule has 190 valence electrons. The minimum Gasteiger partial charge on any atom is -0.397 e. The van der Waals surface area contributed by atoms with Crippen LogP contribution in [0.25, 0.3) is 5.70 Å². The van der Waals surface area contributed by atoms with Crippen LogP contribution in [0.2, 0.25) is 0 Å². The lowest BCUT2D eigenvalue weighted by Gasteiger charge is -2.36. The zero-order valence-corrected chi connectivity index (χ0v) is 20.8. The highest BCUT2D eigenvalue weighted by Gasteiger charge is 2.27. The lowest BCUT2D eigenvalue weighted by atomic mass is 9.94. The molecule has 1 aliphatic rings. The van der Waals surface area contributed by atoms with Gasteiger partial charge in [0.25, 0.3) is 0 Å². The summed E-state index contributed by atoms with van der Waals surface area (Å²) in [4.78, 5) is 14.9. The Morgan fingerprint density at radius 1 is 1.21 bits per heavy atom. The highest BCUT2D eigenvalue weighted by molar-refractivity contribution is 5.76. The van der Waals surface area contributed by atoms with Crippen molar-refractivity contribution in [2.75, 3.05) is 40.5 Å². The monoisotopic (exact) mass is 474 g/mol. The quantitative estimate of drug-likeness (QED) is 0.132. The number of carbonyl (C=O) groups is 1. The maximum absolute atomic E-state index is 13.0. The molecule has 1 saturated carbocycles. The summed E-state index contributed by atoms with van der Waals surface area (Å²) < 4.78 is 16.5. The average Bonchev–Trinajstić information content (AvgIpc) is 2.85. The fourth-order valence-corrected chi connectivity index (χ4v) is 4.21. The van der Waals surface area contributed by atoms with Crippen molar-refractivity contribution in [2.24, 2.45) is 11.6 Å². The zero-order chi connectivity index (χ0) is 24.8. The Hall–Kier alpha value is -2.39. The summed E-state index contributed by atoms with van der Waals surface area (Å²) in [6, 6.07) is 8.24. The van der Waals surface area contributed by atoms with Gasteiger partial charge in [0.2, 0.25) is 5.91 Å². The van der Waals surface area contributed by atoms with Gasteiger partial charge in [0, 0.05) is 26.5 Å². The highest BCUT2D eigenvalue weighted by Crippen LogP contribution is 2.24. The molecule has 1 amide bonds. The third-order valence-electron chi connectivity index (χ3n) is 6.11. The van der Waals surface area contributed by atoms with Crippen LogP contribution in [-0.2, 0) is 25.4 Å². The molecule has 0 saturated heterocycles. The Labute approximate surface area is 204 Å². The van der Waals surface area contributed by atoms with Crippen LogP contribution in [0.4, 0.5) is 0 Å². The van der Waals surface area contributed by atoms with Gasteiger partial charge in [0.1, 0.15) is 0 Å². The summed E-state index contributed by atoms with van der Waals surface area (Å²) in [5.41, 5.74) is 8.77. The SMILES string of the molecule is C=CCN(N)/C=C(\N)c1cccc(CCOCCC(=O)N(CC(OC)OC)C2CCCCC2)c1. The second-order valence-corrected chi connectivity index (χ2v) is 8.62. The van der Waals surface area contributed by atoms with Gasteiger partial charge in [-0.1, -0.05) is 43.5 Å². The number of hydrogen-bond acceptors (Lipinski definition) is 7. The van der Waals surface area contributed by atoms with Crippen LogP contribution < -0.4 is 11.6 Å². The van der Waals surface area contributed by atoms with Crippen molar-refractivity contribution in [2.45, 2.75) is 57.3 Å². The number of carbonyl (C=O) groups excluding carboxylic acids is 1. The van der Waals surface area contributed by atoms with Crippen LogP contribution in [-0.4, -0.2) is 68.7 Å². The van der Waals surface area contributed by atoms with Crippen LogP contribution in [0.3, 0.4) is 0 Å². The van der Waals surface area contributed by atoms with E-state index in [1.807, 2.05) is 29.2 Å². The van der Waals surface area contributed by atoms with Crippen LogP contribution in [0.15, 0.2) is 43.1 Å². The van der Waals surface area contributed by atoms with E-state index in [9.17, 15) is 4.79 Å². The fourth-order valence-electron chi connectivity index (χ4n) is 4.21. The number of methoxy groups -OCH3 is 2. The Morgan fingerprint density at radius 3 is 2.62 bits per heavy atom. The van der Waals surface area contributed by atoms with Crippen molar-refractivity contribution < 1.29 is 19.0 Å². The molecule has 0 radical (unpaired) electrons. The highest BCUT2D eigenvalue weighted by atomic mass is 16.7. The first-order chi connectivity index (χ1) is 16.5. The molecule has 0 atom stereocenters. The van der Waals surface area contributed by atoms with Crippen LogP contribution >= 0.6 is 0 Å². The fraction of sp³-hybridized carbons (Fsp3) is 0.577. The molecule has 1 aromatic carbocycles. The second-order valence-electron chi connectivity index (χ2n) is 8.62. The van der Waals surface area contributed by atoms with E-state index in [-0.39, 0.29) is 11.9 Å². The van der Waals surface area contributed by atoms with E-state index in [1.165, 1.54) is 11.4 Å². The molecule has 4 N–H and O–H groups in total. The molecular formula is C26H42N4O4. The van der Waals surface area contributed by atoms with Crippen molar-refractivity contribution in [1.82, 2.24) is 9.91 Å². The molecule has 1 fully saturated rings. The van der Waals surface area contributed by atoms with Crippen LogP contribution in [0.5, 0.6) is 0 Å². The molecule has 2 rings (SSSR count). The normalized spacial score (nSPS) is 14.9. The first-order valence-corrected chi connectivity index (χ1v) is 12.1. The maximum atomic E-state index is 13.0. The third kappa shape index (κ3) is 9.46. The van der Waals surface area contributed by atoms with Gasteiger partial charge in [-0.25, -0.2) is 5.84 Å². The van der Waals surface area contributed by atoms with Gasteiger partial charge < -0.3 is 29.9 Å². The van der Waals surface area contributed by atoms with Crippen molar-refractivity contribution in [3.63, 3.8) is 0 Å². The number of hydrazine groups is 1. The van der Waals surface area contributed by atoms with E-state index in [1.54, 1.807) is 26.5 Å². The van der Waals surface area contributed by atoms with E-state index in [4.69, 9.17) is 25.8 Å². The van der Waals surface area contributed by atoms with E-state index >= 15 is 0 Å². The molecule has 8 nitrogen and oxygen atoms in total. The lowest BCUT2D eigenvalue weighted by Crippen LogP contribution is -2.46. The molecule has 8 heteroatoms. The summed E-state index contributed by atoms with van der Waals surface area (Å²) in [7, 11) is 3.21. The Bertz CT molecular complexity index is 776. The minimum atomic E-state index is -0.413. The summed E-state index contributed by atoms with van der Waals surface area (Å²) in [5, 5.41) is 1.49. The minimum absolute atomic E-state index is 0.0942. The third-order valence-corrected chi connectivity index (χ3v) is 6.11. The standard InChI is InChI=1S/C26H42N4O4/c1-4-15-29(28)19-24(27)22-10-8-9-21(18-22)13-16-34-17-14-25(31)30(20-26(32-2)33-3)23-11-6-5-7-12-23/h4,8-10,18-19,23,26H,1,5-7,11-17,20,27-28H2,2-3H3/b24-19-. The van der Waals surface area contributed by atoms with Crippen LogP contribution in [0, 0.1) is 0 Å². The molecule has 34 heavy (non-hydrogen) atoms. The smallest absolute Gasteiger partial charge is 0.225 e. The number of nitrogens with zero attached hydrogens (tertiary/aromatic N) is 2. The van der Waals surface area contributed by atoms with Gasteiger partial charge in [0.15, 0.2) is 6.29 Å². The first kappa shape index (κ1) is 27.9. The number of amides is 1. The first-order valence-electron chi connectivity index (χ1n) is 12.1. The molecule has 1 aliphatic carbocycles. The number of hydrogen-bond donors (Lipinski definition) is 2. The predicted molar refractivity (Wildman–Crippen MR) is 135 cm³/mol. The molecule has 0 unspecified atom stereocenters. The molecule has 0 aromatic heterocycles. The molecule has 1 aromatic rings. The van der Waals surface area contributed by atoms with E-state index in [0.717, 1.165) is 43.2 Å². The summed E-state index contributed by atoms with van der Waals surface area (Å²) in [6.07, 6.45) is 9.70. The van der Waals surface area contributed by atoms with Gasteiger partial charge in [-0.05, 0) is 36.5 Å². The Kier molecular flexibility index (Phi) is 12.7. The number of benzene rings is 1. The summed E-state index contributed by atoms with van der Waals surface area (Å²) in [6.45, 7) is 5.55. The largest absolute Gasteiger partial charge is 0.397 e. The molecule has 0 heterocycles. The molecule has 0 spiro atoms. The van der Waals surface area contributed by atoms with Crippen LogP contribution in [0.1, 0.15) is 49.7 Å². The molecule has 0 bridgehead atoms. The second kappa shape index (κ2) is 15.5. The molecule has 0 aliphatic heterocycles. The summed E-state index contributed by atoms with van der Waals surface area (Å²) >= 11 is 0. The van der Waals surface area contributed by atoms with Crippen molar-refractivity contribution in [3.8, 4) is 0 Å². The lowest BCUT2D eigenvalue weighted by molar-refractivity contribution is -0.151. The zero-order valence-electron chi connectivity index (χ0n) is 20.8. The summed E-state index contributed by atoms with van der Waals surface area (Å²) in [5.74, 6) is 5.94. The van der Waals surface area contributed by atoms with Gasteiger partial charge in [-0.3, -0.25) is 4.79 Å². The van der Waals surface area contributed by atoms with Gasteiger partial charge >= 0.3 is 0 Å². The topological polar surface area (TPSA) is 103 Å². The van der Waals surface area contributed by atoms with Crippen molar-refractivity contribution in [3.05, 3.63) is 54.2 Å².